The number of carbonyl (C=O) groups is 1. The maximum absolute atomic E-state index is 13.0. The van der Waals surface area contributed by atoms with Crippen LogP contribution in [-0.2, 0) is 14.3 Å². The number of unbranched alkanes of at least 4 members (excludes halogenated alkanes) is 37. The molecule has 1 saturated heterocycles. The molecule has 9 nitrogen and oxygen atoms in total. The molecule has 1 fully saturated rings. The summed E-state index contributed by atoms with van der Waals surface area (Å²) in [4.78, 5) is 13.0. The van der Waals surface area contributed by atoms with E-state index in [9.17, 15) is 30.3 Å². The van der Waals surface area contributed by atoms with Gasteiger partial charge in [0.2, 0.25) is 5.91 Å². The van der Waals surface area contributed by atoms with Crippen LogP contribution in [0.5, 0.6) is 0 Å². The predicted molar refractivity (Wildman–Crippen MR) is 304 cm³/mol. The summed E-state index contributed by atoms with van der Waals surface area (Å²) in [5.74, 6) is -0.176. The zero-order chi connectivity index (χ0) is 52.2. The molecule has 7 unspecified atom stereocenters. The fourth-order valence-corrected chi connectivity index (χ4v) is 9.75. The molecule has 7 atom stereocenters. The Balaban J connectivity index is 1.96. The Morgan fingerprint density at radius 3 is 1.21 bits per heavy atom. The summed E-state index contributed by atoms with van der Waals surface area (Å²) in [6.45, 7) is 3.73. The molecular weight excluding hydrogens is 899 g/mol. The molecule has 1 heterocycles. The number of hydrogen-bond acceptors (Lipinski definition) is 8. The van der Waals surface area contributed by atoms with E-state index >= 15 is 0 Å². The highest BCUT2D eigenvalue weighted by molar-refractivity contribution is 5.76. The van der Waals surface area contributed by atoms with Gasteiger partial charge in [0.05, 0.1) is 25.4 Å². The lowest BCUT2D eigenvalue weighted by Crippen LogP contribution is -2.60. The summed E-state index contributed by atoms with van der Waals surface area (Å²) >= 11 is 0. The first kappa shape index (κ1) is 68.2. The summed E-state index contributed by atoms with van der Waals surface area (Å²) in [5, 5.41) is 54.2. The van der Waals surface area contributed by atoms with Crippen LogP contribution in [0.15, 0.2) is 48.6 Å². The van der Waals surface area contributed by atoms with Crippen LogP contribution in [0.4, 0.5) is 0 Å². The molecule has 422 valence electrons. The summed E-state index contributed by atoms with van der Waals surface area (Å²) in [5.41, 5.74) is 0. The molecule has 1 aliphatic heterocycles. The van der Waals surface area contributed by atoms with Crippen molar-refractivity contribution in [1.29, 1.82) is 0 Å². The molecule has 72 heavy (non-hydrogen) atoms. The van der Waals surface area contributed by atoms with Gasteiger partial charge in [-0.15, -0.1) is 0 Å². The first-order chi connectivity index (χ1) is 35.3. The van der Waals surface area contributed by atoms with Crippen molar-refractivity contribution in [2.45, 2.75) is 333 Å². The Hall–Kier alpha value is -1.85. The molecule has 0 bridgehead atoms. The lowest BCUT2D eigenvalue weighted by atomic mass is 9.99. The van der Waals surface area contributed by atoms with Crippen molar-refractivity contribution in [1.82, 2.24) is 5.32 Å². The molecule has 0 aromatic rings. The van der Waals surface area contributed by atoms with Crippen LogP contribution in [0.2, 0.25) is 0 Å². The summed E-state index contributed by atoms with van der Waals surface area (Å²) in [6, 6.07) is -0.800. The third kappa shape index (κ3) is 41.4. The predicted octanol–water partition coefficient (Wildman–Crippen LogP) is 15.7. The lowest BCUT2D eigenvalue weighted by molar-refractivity contribution is -0.302. The molecule has 1 aliphatic rings. The Morgan fingerprint density at radius 2 is 0.819 bits per heavy atom. The molecule has 0 spiro atoms. The van der Waals surface area contributed by atoms with Crippen LogP contribution in [0.1, 0.15) is 290 Å². The molecule has 0 aromatic heterocycles. The van der Waals surface area contributed by atoms with Gasteiger partial charge in [0.15, 0.2) is 6.29 Å². The van der Waals surface area contributed by atoms with Crippen LogP contribution in [0, 0.1) is 0 Å². The van der Waals surface area contributed by atoms with Crippen LogP contribution in [-0.4, -0.2) is 87.5 Å². The number of nitrogens with one attached hydrogen (secondary N) is 1. The van der Waals surface area contributed by atoms with E-state index in [-0.39, 0.29) is 12.5 Å². The first-order valence-electron chi connectivity index (χ1n) is 30.9. The van der Waals surface area contributed by atoms with Gasteiger partial charge in [-0.05, 0) is 57.8 Å². The highest BCUT2D eigenvalue weighted by Crippen LogP contribution is 2.23. The summed E-state index contributed by atoms with van der Waals surface area (Å²) in [6.07, 6.45) is 63.9. The fraction of sp³-hybridized carbons (Fsp3) is 0.857. The SMILES string of the molecule is CCCCCCC/C=C\C/C=C\C/C=C\CCCCCCCCCCCCCCCCCCCCCCCCCCCCC(=O)NC(COC1OC(CO)C(O)C(O)C1O)C(O)/C=C/CCCCCCCC. The van der Waals surface area contributed by atoms with E-state index in [1.54, 1.807) is 6.08 Å². The normalized spacial score (nSPS) is 19.5. The fourth-order valence-electron chi connectivity index (χ4n) is 9.75. The van der Waals surface area contributed by atoms with E-state index in [2.05, 4.69) is 55.6 Å². The topological polar surface area (TPSA) is 149 Å². The third-order valence-electron chi connectivity index (χ3n) is 14.6. The van der Waals surface area contributed by atoms with E-state index in [4.69, 9.17) is 9.47 Å². The average molecular weight is 1020 g/mol. The summed E-state index contributed by atoms with van der Waals surface area (Å²) in [7, 11) is 0. The number of allylic oxidation sites excluding steroid dienone is 7. The standard InChI is InChI=1S/C63H117NO8/c1-3-5-7-9-11-13-14-15-16-17-18-19-20-21-22-23-24-25-26-27-28-29-30-31-32-33-34-35-36-37-38-39-40-41-42-43-44-45-47-49-51-53-59(67)64-56(57(66)52-50-48-46-12-10-8-6-4-2)55-71-63-62(70)61(69)60(68)58(54-65)72-63/h14-15,17-18,20-21,50,52,56-58,60-63,65-66,68-70H,3-13,16,19,22-49,51,53-55H2,1-2H3,(H,64,67)/b15-14-,18-17-,21-20-,52-50+. The van der Waals surface area contributed by atoms with Crippen LogP contribution in [0.25, 0.3) is 0 Å². The molecular formula is C63H117NO8. The molecule has 0 radical (unpaired) electrons. The highest BCUT2D eigenvalue weighted by atomic mass is 16.7. The molecule has 1 amide bonds. The van der Waals surface area contributed by atoms with E-state index in [0.717, 1.165) is 51.4 Å². The van der Waals surface area contributed by atoms with Gasteiger partial charge in [-0.2, -0.15) is 0 Å². The smallest absolute Gasteiger partial charge is 0.220 e. The number of hydrogen-bond donors (Lipinski definition) is 6. The van der Waals surface area contributed by atoms with Crippen LogP contribution >= 0.6 is 0 Å². The maximum Gasteiger partial charge on any atom is 0.220 e. The molecule has 0 aliphatic carbocycles. The monoisotopic (exact) mass is 1020 g/mol. The van der Waals surface area contributed by atoms with Crippen molar-refractivity contribution >= 4 is 5.91 Å². The first-order valence-corrected chi connectivity index (χ1v) is 30.9. The Morgan fingerprint density at radius 1 is 0.472 bits per heavy atom. The highest BCUT2D eigenvalue weighted by Gasteiger charge is 2.44. The Bertz CT molecular complexity index is 1270. The van der Waals surface area contributed by atoms with Crippen molar-refractivity contribution in [3.8, 4) is 0 Å². The van der Waals surface area contributed by atoms with Crippen molar-refractivity contribution in [3.05, 3.63) is 48.6 Å². The van der Waals surface area contributed by atoms with Gasteiger partial charge in [-0.3, -0.25) is 4.79 Å². The number of ether oxygens (including phenoxy) is 2. The average Bonchev–Trinajstić information content (AvgIpc) is 3.38. The van der Waals surface area contributed by atoms with Crippen molar-refractivity contribution in [2.24, 2.45) is 0 Å². The van der Waals surface area contributed by atoms with E-state index in [0.29, 0.717) is 6.42 Å². The summed E-state index contributed by atoms with van der Waals surface area (Å²) < 4.78 is 11.2. The van der Waals surface area contributed by atoms with E-state index in [1.807, 2.05) is 6.08 Å². The van der Waals surface area contributed by atoms with E-state index in [1.165, 1.54) is 218 Å². The Kier molecular flexibility index (Phi) is 49.8. The molecule has 1 rings (SSSR count). The van der Waals surface area contributed by atoms with Gasteiger partial charge in [0, 0.05) is 6.42 Å². The number of aliphatic hydroxyl groups excluding tert-OH is 5. The number of carbonyl (C=O) groups excluding carboxylic acids is 1. The van der Waals surface area contributed by atoms with E-state index < -0.39 is 49.5 Å². The second-order valence-corrected chi connectivity index (χ2v) is 21.5. The zero-order valence-corrected chi connectivity index (χ0v) is 46.9. The minimum atomic E-state index is -1.56. The maximum atomic E-state index is 13.0. The molecule has 0 aromatic carbocycles. The lowest BCUT2D eigenvalue weighted by Gasteiger charge is -2.40. The minimum absolute atomic E-state index is 0.176. The number of aliphatic hydroxyl groups is 5. The van der Waals surface area contributed by atoms with Crippen molar-refractivity contribution < 1.29 is 39.8 Å². The Labute approximate surface area is 444 Å². The van der Waals surface area contributed by atoms with Crippen LogP contribution in [0.3, 0.4) is 0 Å². The van der Waals surface area contributed by atoms with Crippen LogP contribution < -0.4 is 5.32 Å². The number of rotatable bonds is 53. The largest absolute Gasteiger partial charge is 0.394 e. The van der Waals surface area contributed by atoms with Gasteiger partial charge in [0.25, 0.3) is 0 Å². The van der Waals surface area contributed by atoms with Crippen molar-refractivity contribution in [2.75, 3.05) is 13.2 Å². The van der Waals surface area contributed by atoms with Gasteiger partial charge < -0.3 is 40.3 Å². The third-order valence-corrected chi connectivity index (χ3v) is 14.6. The minimum Gasteiger partial charge on any atom is -0.394 e. The van der Waals surface area contributed by atoms with Crippen molar-refractivity contribution in [3.63, 3.8) is 0 Å². The molecule has 9 heteroatoms. The van der Waals surface area contributed by atoms with Gasteiger partial charge in [0.1, 0.15) is 24.4 Å². The van der Waals surface area contributed by atoms with Gasteiger partial charge in [-0.25, -0.2) is 0 Å². The zero-order valence-electron chi connectivity index (χ0n) is 46.9. The van der Waals surface area contributed by atoms with Gasteiger partial charge >= 0.3 is 0 Å². The second kappa shape index (κ2) is 52.6. The quantitative estimate of drug-likeness (QED) is 0.0261. The molecule has 0 saturated carbocycles. The molecule has 6 N–H and O–H groups in total. The number of amides is 1. The van der Waals surface area contributed by atoms with Gasteiger partial charge in [-0.1, -0.05) is 274 Å². The second-order valence-electron chi connectivity index (χ2n) is 21.5.